The average Bonchev–Trinajstić information content (AvgIpc) is 3.43. The molecule has 0 saturated heterocycles. The Bertz CT molecular complexity index is 1310. The number of hydrogen-bond acceptors (Lipinski definition) is 3. The molecule has 1 aliphatic rings. The lowest BCUT2D eigenvalue weighted by Gasteiger charge is -2.38. The van der Waals surface area contributed by atoms with E-state index in [4.69, 9.17) is 0 Å². The summed E-state index contributed by atoms with van der Waals surface area (Å²) in [5.41, 5.74) is 4.08. The first-order valence-corrected chi connectivity index (χ1v) is 13.5. The molecule has 5 heteroatoms. The molecule has 0 N–H and O–H groups in total. The highest BCUT2D eigenvalue weighted by molar-refractivity contribution is 7.10. The van der Waals surface area contributed by atoms with Gasteiger partial charge in [0.05, 0.1) is 12.0 Å². The van der Waals surface area contributed by atoms with Crippen molar-refractivity contribution in [1.82, 2.24) is 9.80 Å². The lowest BCUT2D eigenvalue weighted by Crippen LogP contribution is -2.47. The number of nitrogens with zero attached hydrogens (tertiary/aromatic N) is 2. The number of fused-ring (bicyclic) bond motifs is 1. The largest absolute Gasteiger partial charge is 0.330 e. The van der Waals surface area contributed by atoms with E-state index in [-0.39, 0.29) is 24.4 Å². The molecule has 37 heavy (non-hydrogen) atoms. The van der Waals surface area contributed by atoms with E-state index >= 15 is 0 Å². The Morgan fingerprint density at radius 1 is 0.919 bits per heavy atom. The van der Waals surface area contributed by atoms with Crippen LogP contribution in [0.4, 0.5) is 0 Å². The standard InChI is InChI=1S/C32H30N2O2S/c1-2-20-33(32(36)30(24-12-6-3-7-13-24)25-14-8-4-9-15-25)23-29(35)34-21-18-28-27(19-22-37-28)31(34)26-16-10-5-11-17-26/h2-17,19,22,30-31H,1,18,20-21,23H2. The molecule has 0 bridgehead atoms. The Labute approximate surface area is 222 Å². The first-order chi connectivity index (χ1) is 18.2. The molecule has 1 unspecified atom stereocenters. The molecule has 1 aromatic heterocycles. The number of carbonyl (C=O) groups excluding carboxylic acids is 2. The minimum Gasteiger partial charge on any atom is -0.330 e. The van der Waals surface area contributed by atoms with Crippen LogP contribution in [0.15, 0.2) is 115 Å². The Morgan fingerprint density at radius 3 is 2.11 bits per heavy atom. The van der Waals surface area contributed by atoms with Gasteiger partial charge in [0.25, 0.3) is 0 Å². The zero-order valence-corrected chi connectivity index (χ0v) is 21.5. The van der Waals surface area contributed by atoms with E-state index in [1.165, 1.54) is 10.4 Å². The number of carbonyl (C=O) groups is 2. The van der Waals surface area contributed by atoms with Crippen molar-refractivity contribution in [1.29, 1.82) is 0 Å². The molecule has 0 radical (unpaired) electrons. The lowest BCUT2D eigenvalue weighted by molar-refractivity contribution is -0.141. The molecule has 1 aliphatic heterocycles. The predicted octanol–water partition coefficient (Wildman–Crippen LogP) is 6.07. The summed E-state index contributed by atoms with van der Waals surface area (Å²) in [5, 5.41) is 2.10. The topological polar surface area (TPSA) is 40.6 Å². The number of rotatable bonds is 8. The Kier molecular flexibility index (Phi) is 7.62. The fourth-order valence-electron chi connectivity index (χ4n) is 5.17. The van der Waals surface area contributed by atoms with Gasteiger partial charge in [-0.25, -0.2) is 0 Å². The summed E-state index contributed by atoms with van der Waals surface area (Å²) in [6.45, 7) is 4.81. The van der Waals surface area contributed by atoms with Gasteiger partial charge in [-0.05, 0) is 40.1 Å². The van der Waals surface area contributed by atoms with Crippen LogP contribution in [0, 0.1) is 0 Å². The maximum absolute atomic E-state index is 14.1. The Balaban J connectivity index is 1.45. The summed E-state index contributed by atoms with van der Waals surface area (Å²) in [4.78, 5) is 32.9. The monoisotopic (exact) mass is 506 g/mol. The second-order valence-corrected chi connectivity index (χ2v) is 10.2. The first-order valence-electron chi connectivity index (χ1n) is 12.6. The SMILES string of the molecule is C=CCN(CC(=O)N1CCc2sccc2C1c1ccccc1)C(=O)C(c1ccccc1)c1ccccc1. The van der Waals surface area contributed by atoms with Gasteiger partial charge in [0.1, 0.15) is 6.54 Å². The zero-order valence-electron chi connectivity index (χ0n) is 20.7. The van der Waals surface area contributed by atoms with Crippen molar-refractivity contribution in [2.75, 3.05) is 19.6 Å². The van der Waals surface area contributed by atoms with Crippen LogP contribution in [0.3, 0.4) is 0 Å². The molecule has 0 fully saturated rings. The Morgan fingerprint density at radius 2 is 1.51 bits per heavy atom. The van der Waals surface area contributed by atoms with Crippen LogP contribution in [-0.2, 0) is 16.0 Å². The van der Waals surface area contributed by atoms with Crippen LogP contribution in [0.1, 0.15) is 39.1 Å². The minimum atomic E-state index is -0.495. The molecular formula is C32H30N2O2S. The third kappa shape index (κ3) is 5.27. The van der Waals surface area contributed by atoms with Crippen LogP contribution < -0.4 is 0 Å². The average molecular weight is 507 g/mol. The molecule has 0 aliphatic carbocycles. The van der Waals surface area contributed by atoms with Gasteiger partial charge in [-0.15, -0.1) is 17.9 Å². The molecule has 186 valence electrons. The first kappa shape index (κ1) is 24.7. The van der Waals surface area contributed by atoms with E-state index in [1.54, 1.807) is 22.3 Å². The molecule has 5 rings (SSSR count). The van der Waals surface area contributed by atoms with E-state index in [9.17, 15) is 9.59 Å². The predicted molar refractivity (Wildman–Crippen MR) is 150 cm³/mol. The summed E-state index contributed by atoms with van der Waals surface area (Å²) in [7, 11) is 0. The molecule has 4 aromatic rings. The molecule has 0 saturated carbocycles. The highest BCUT2D eigenvalue weighted by Gasteiger charge is 2.35. The number of hydrogen-bond donors (Lipinski definition) is 0. The van der Waals surface area contributed by atoms with Crippen molar-refractivity contribution in [2.45, 2.75) is 18.4 Å². The van der Waals surface area contributed by atoms with Crippen molar-refractivity contribution >= 4 is 23.2 Å². The smallest absolute Gasteiger partial charge is 0.243 e. The van der Waals surface area contributed by atoms with E-state index in [2.05, 4.69) is 30.2 Å². The molecule has 2 amide bonds. The third-order valence-electron chi connectivity index (χ3n) is 6.90. The number of thiophene rings is 1. The van der Waals surface area contributed by atoms with Gasteiger partial charge in [-0.3, -0.25) is 9.59 Å². The second kappa shape index (κ2) is 11.4. The molecule has 0 spiro atoms. The summed E-state index contributed by atoms with van der Waals surface area (Å²) in [5.74, 6) is -0.652. The van der Waals surface area contributed by atoms with Gasteiger partial charge >= 0.3 is 0 Å². The Hall–Kier alpha value is -3.96. The third-order valence-corrected chi connectivity index (χ3v) is 7.90. The summed E-state index contributed by atoms with van der Waals surface area (Å²) in [6.07, 6.45) is 2.52. The van der Waals surface area contributed by atoms with Gasteiger partial charge in [-0.2, -0.15) is 0 Å². The lowest BCUT2D eigenvalue weighted by atomic mass is 9.90. The van der Waals surface area contributed by atoms with Gasteiger partial charge in [-0.1, -0.05) is 97.1 Å². The second-order valence-electron chi connectivity index (χ2n) is 9.21. The quantitative estimate of drug-likeness (QED) is 0.272. The molecule has 2 heterocycles. The zero-order chi connectivity index (χ0) is 25.6. The van der Waals surface area contributed by atoms with Crippen LogP contribution in [-0.4, -0.2) is 41.2 Å². The van der Waals surface area contributed by atoms with Crippen molar-refractivity contribution < 1.29 is 9.59 Å². The van der Waals surface area contributed by atoms with Crippen molar-refractivity contribution in [3.63, 3.8) is 0 Å². The summed E-state index contributed by atoms with van der Waals surface area (Å²) < 4.78 is 0. The van der Waals surface area contributed by atoms with E-state index in [0.29, 0.717) is 13.1 Å². The van der Waals surface area contributed by atoms with E-state index in [1.807, 2.05) is 83.8 Å². The summed E-state index contributed by atoms with van der Waals surface area (Å²) in [6, 6.07) is 31.7. The van der Waals surface area contributed by atoms with E-state index in [0.717, 1.165) is 23.1 Å². The molecule has 1 atom stereocenters. The number of amides is 2. The minimum absolute atomic E-state index is 0.00379. The fourth-order valence-corrected chi connectivity index (χ4v) is 6.08. The normalized spacial score (nSPS) is 14.7. The number of benzene rings is 3. The van der Waals surface area contributed by atoms with Gasteiger partial charge < -0.3 is 9.80 Å². The van der Waals surface area contributed by atoms with Gasteiger partial charge in [0.15, 0.2) is 0 Å². The molecular weight excluding hydrogens is 476 g/mol. The van der Waals surface area contributed by atoms with Crippen molar-refractivity contribution in [3.8, 4) is 0 Å². The van der Waals surface area contributed by atoms with Crippen LogP contribution in [0.25, 0.3) is 0 Å². The summed E-state index contributed by atoms with van der Waals surface area (Å²) >= 11 is 1.75. The van der Waals surface area contributed by atoms with Crippen LogP contribution in [0.5, 0.6) is 0 Å². The van der Waals surface area contributed by atoms with Gasteiger partial charge in [0, 0.05) is 18.0 Å². The molecule has 3 aromatic carbocycles. The maximum atomic E-state index is 14.1. The van der Waals surface area contributed by atoms with Crippen molar-refractivity contribution in [2.24, 2.45) is 0 Å². The maximum Gasteiger partial charge on any atom is 0.243 e. The van der Waals surface area contributed by atoms with Gasteiger partial charge in [0.2, 0.25) is 11.8 Å². The van der Waals surface area contributed by atoms with Crippen LogP contribution >= 0.6 is 11.3 Å². The molecule has 4 nitrogen and oxygen atoms in total. The van der Waals surface area contributed by atoms with E-state index < -0.39 is 5.92 Å². The fraction of sp³-hybridized carbons (Fsp3) is 0.188. The van der Waals surface area contributed by atoms with Crippen molar-refractivity contribution in [3.05, 3.63) is 142 Å². The van der Waals surface area contributed by atoms with Crippen LogP contribution in [0.2, 0.25) is 0 Å². The highest BCUT2D eigenvalue weighted by Crippen LogP contribution is 2.38. The highest BCUT2D eigenvalue weighted by atomic mass is 32.1.